The predicted molar refractivity (Wildman–Crippen MR) is 106 cm³/mol. The monoisotopic (exact) mass is 375 g/mol. The van der Waals surface area contributed by atoms with E-state index in [9.17, 15) is 9.59 Å². The number of nitrogens with two attached hydrogens (primary N) is 1. The number of halogens is 1. The summed E-state index contributed by atoms with van der Waals surface area (Å²) in [6, 6.07) is 18.7. The molecule has 0 aromatic heterocycles. The second-order valence-electron chi connectivity index (χ2n) is 6.09. The second kappa shape index (κ2) is 11.3. The molecule has 0 saturated heterocycles. The van der Waals surface area contributed by atoms with Crippen molar-refractivity contribution in [2.24, 2.45) is 11.7 Å². The fourth-order valence-corrected chi connectivity index (χ4v) is 2.39. The number of carbonyl (C=O) groups is 2. The number of nitrogens with one attached hydrogen (secondary N) is 2. The Labute approximate surface area is 160 Å². The Balaban J connectivity index is 0.00000338. The highest BCUT2D eigenvalue weighted by Gasteiger charge is 2.23. The molecule has 2 atom stereocenters. The molecular formula is C20H26ClN3O2. The van der Waals surface area contributed by atoms with E-state index in [2.05, 4.69) is 10.6 Å². The van der Waals surface area contributed by atoms with Gasteiger partial charge in [0.25, 0.3) is 0 Å². The van der Waals surface area contributed by atoms with Crippen molar-refractivity contribution in [2.75, 3.05) is 6.54 Å². The zero-order valence-corrected chi connectivity index (χ0v) is 15.7. The van der Waals surface area contributed by atoms with Crippen molar-refractivity contribution in [2.45, 2.75) is 25.9 Å². The molecule has 0 spiro atoms. The van der Waals surface area contributed by atoms with E-state index in [1.807, 2.05) is 60.7 Å². The summed E-state index contributed by atoms with van der Waals surface area (Å²) < 4.78 is 0. The number of carbonyl (C=O) groups excluding carboxylic acids is 2. The quantitative estimate of drug-likeness (QED) is 0.660. The Hall–Kier alpha value is -2.37. The highest BCUT2D eigenvalue weighted by atomic mass is 35.5. The minimum Gasteiger partial charge on any atom is -0.350 e. The van der Waals surface area contributed by atoms with Gasteiger partial charge in [-0.25, -0.2) is 0 Å². The van der Waals surface area contributed by atoms with Gasteiger partial charge >= 0.3 is 0 Å². The van der Waals surface area contributed by atoms with E-state index in [0.29, 0.717) is 13.0 Å². The van der Waals surface area contributed by atoms with Crippen molar-refractivity contribution in [1.82, 2.24) is 10.6 Å². The maximum atomic E-state index is 12.6. The van der Waals surface area contributed by atoms with Crippen molar-refractivity contribution in [3.63, 3.8) is 0 Å². The average Bonchev–Trinajstić information content (AvgIpc) is 2.66. The summed E-state index contributed by atoms with van der Waals surface area (Å²) in [6.07, 6.45) is 0.435. The molecule has 2 rings (SSSR count). The van der Waals surface area contributed by atoms with Crippen LogP contribution in [-0.2, 0) is 22.6 Å². The third-order valence-electron chi connectivity index (χ3n) is 4.03. The Morgan fingerprint density at radius 2 is 1.46 bits per heavy atom. The van der Waals surface area contributed by atoms with Crippen LogP contribution in [0, 0.1) is 5.92 Å². The van der Waals surface area contributed by atoms with Crippen molar-refractivity contribution in [3.05, 3.63) is 71.8 Å². The van der Waals surface area contributed by atoms with E-state index in [-0.39, 0.29) is 36.7 Å². The first-order chi connectivity index (χ1) is 12.1. The summed E-state index contributed by atoms with van der Waals surface area (Å²) in [7, 11) is 0. The SMILES string of the molecule is CC(CN)C(=O)NC(Cc1ccccc1)C(=O)NCc1ccccc1.Cl. The molecule has 5 nitrogen and oxygen atoms in total. The van der Waals surface area contributed by atoms with Gasteiger partial charge in [0.1, 0.15) is 6.04 Å². The molecule has 0 aliphatic carbocycles. The van der Waals surface area contributed by atoms with Gasteiger partial charge in [0.2, 0.25) is 11.8 Å². The third-order valence-corrected chi connectivity index (χ3v) is 4.03. The van der Waals surface area contributed by atoms with Crippen LogP contribution in [0.15, 0.2) is 60.7 Å². The summed E-state index contributed by atoms with van der Waals surface area (Å²) >= 11 is 0. The lowest BCUT2D eigenvalue weighted by Crippen LogP contribution is -2.50. The van der Waals surface area contributed by atoms with Crippen LogP contribution in [0.3, 0.4) is 0 Å². The van der Waals surface area contributed by atoms with Gasteiger partial charge < -0.3 is 16.4 Å². The van der Waals surface area contributed by atoms with Crippen LogP contribution < -0.4 is 16.4 Å². The Morgan fingerprint density at radius 1 is 0.923 bits per heavy atom. The smallest absolute Gasteiger partial charge is 0.243 e. The van der Waals surface area contributed by atoms with Crippen LogP contribution in [0.25, 0.3) is 0 Å². The lowest BCUT2D eigenvalue weighted by molar-refractivity contribution is -0.130. The number of rotatable bonds is 8. The molecule has 2 aromatic rings. The van der Waals surface area contributed by atoms with Gasteiger partial charge in [0, 0.05) is 25.4 Å². The third kappa shape index (κ3) is 6.86. The first-order valence-corrected chi connectivity index (χ1v) is 8.46. The number of hydrogen-bond acceptors (Lipinski definition) is 3. The molecule has 6 heteroatoms. The summed E-state index contributed by atoms with van der Waals surface area (Å²) in [5, 5.41) is 5.72. The minimum atomic E-state index is -0.632. The zero-order chi connectivity index (χ0) is 18.1. The lowest BCUT2D eigenvalue weighted by Gasteiger charge is -2.20. The zero-order valence-electron chi connectivity index (χ0n) is 14.9. The molecule has 0 bridgehead atoms. The Kier molecular flexibility index (Phi) is 9.41. The minimum absolute atomic E-state index is 0. The normalized spacial score (nSPS) is 12.4. The fourth-order valence-electron chi connectivity index (χ4n) is 2.39. The molecule has 2 aromatic carbocycles. The molecule has 0 saturated carbocycles. The summed E-state index contributed by atoms with van der Waals surface area (Å²) in [5.41, 5.74) is 7.55. The maximum absolute atomic E-state index is 12.6. The van der Waals surface area contributed by atoms with E-state index in [4.69, 9.17) is 5.73 Å². The maximum Gasteiger partial charge on any atom is 0.243 e. The Bertz CT molecular complexity index is 680. The topological polar surface area (TPSA) is 84.2 Å². The van der Waals surface area contributed by atoms with Crippen LogP contribution >= 0.6 is 12.4 Å². The van der Waals surface area contributed by atoms with Crippen molar-refractivity contribution in [1.29, 1.82) is 0 Å². The molecular weight excluding hydrogens is 350 g/mol. The molecule has 4 N–H and O–H groups in total. The molecule has 0 aliphatic rings. The van der Waals surface area contributed by atoms with Crippen LogP contribution in [0.4, 0.5) is 0 Å². The number of amides is 2. The lowest BCUT2D eigenvalue weighted by atomic mass is 10.0. The van der Waals surface area contributed by atoms with Gasteiger partial charge in [-0.1, -0.05) is 67.6 Å². The highest BCUT2D eigenvalue weighted by Crippen LogP contribution is 2.06. The summed E-state index contributed by atoms with van der Waals surface area (Å²) in [4.78, 5) is 24.8. The Morgan fingerprint density at radius 3 is 2.00 bits per heavy atom. The van der Waals surface area contributed by atoms with Crippen LogP contribution in [0.1, 0.15) is 18.1 Å². The summed E-state index contributed by atoms with van der Waals surface area (Å²) in [6.45, 7) is 2.42. The summed E-state index contributed by atoms with van der Waals surface area (Å²) in [5.74, 6) is -0.747. The average molecular weight is 376 g/mol. The van der Waals surface area contributed by atoms with Gasteiger partial charge in [-0.3, -0.25) is 9.59 Å². The highest BCUT2D eigenvalue weighted by molar-refractivity contribution is 5.88. The second-order valence-corrected chi connectivity index (χ2v) is 6.09. The van der Waals surface area contributed by atoms with Crippen LogP contribution in [0.5, 0.6) is 0 Å². The molecule has 0 fully saturated rings. The van der Waals surface area contributed by atoms with E-state index in [0.717, 1.165) is 11.1 Å². The van der Waals surface area contributed by atoms with E-state index in [1.54, 1.807) is 6.92 Å². The van der Waals surface area contributed by atoms with Crippen molar-refractivity contribution < 1.29 is 9.59 Å². The fraction of sp³-hybridized carbons (Fsp3) is 0.300. The first kappa shape index (κ1) is 21.7. The molecule has 2 amide bonds. The molecule has 0 radical (unpaired) electrons. The van der Waals surface area contributed by atoms with E-state index in [1.165, 1.54) is 0 Å². The molecule has 0 aliphatic heterocycles. The standard InChI is InChI=1S/C20H25N3O2.ClH/c1-15(13-21)19(24)23-18(12-16-8-4-2-5-9-16)20(25)22-14-17-10-6-3-7-11-17;/h2-11,15,18H,12-14,21H2,1H3,(H,22,25)(H,23,24);1H. The first-order valence-electron chi connectivity index (χ1n) is 8.46. The van der Waals surface area contributed by atoms with Crippen LogP contribution in [-0.4, -0.2) is 24.4 Å². The van der Waals surface area contributed by atoms with Gasteiger partial charge in [0.15, 0.2) is 0 Å². The number of benzene rings is 2. The molecule has 0 heterocycles. The molecule has 26 heavy (non-hydrogen) atoms. The van der Waals surface area contributed by atoms with E-state index < -0.39 is 6.04 Å². The van der Waals surface area contributed by atoms with Crippen molar-refractivity contribution >= 4 is 24.2 Å². The van der Waals surface area contributed by atoms with Gasteiger partial charge in [-0.2, -0.15) is 0 Å². The van der Waals surface area contributed by atoms with Crippen LogP contribution in [0.2, 0.25) is 0 Å². The van der Waals surface area contributed by atoms with Gasteiger partial charge in [-0.15, -0.1) is 12.4 Å². The predicted octanol–water partition coefficient (Wildman–Crippen LogP) is 2.05. The van der Waals surface area contributed by atoms with Crippen molar-refractivity contribution in [3.8, 4) is 0 Å². The van der Waals surface area contributed by atoms with Gasteiger partial charge in [-0.05, 0) is 11.1 Å². The van der Waals surface area contributed by atoms with Gasteiger partial charge in [0.05, 0.1) is 0 Å². The molecule has 2 unspecified atom stereocenters. The largest absolute Gasteiger partial charge is 0.350 e. The number of hydrogen-bond donors (Lipinski definition) is 3. The molecule has 140 valence electrons. The van der Waals surface area contributed by atoms with E-state index >= 15 is 0 Å².